The third kappa shape index (κ3) is 4.21. The number of hydrogen-bond donors (Lipinski definition) is 0. The number of aryl methyl sites for hydroxylation is 1. The molecule has 0 saturated carbocycles. The van der Waals surface area contributed by atoms with E-state index in [1.807, 2.05) is 61.5 Å². The Labute approximate surface area is 125 Å². The van der Waals surface area contributed by atoms with Gasteiger partial charge in [-0.05, 0) is 36.8 Å². The van der Waals surface area contributed by atoms with E-state index >= 15 is 0 Å². The van der Waals surface area contributed by atoms with Crippen LogP contribution >= 0.6 is 0 Å². The van der Waals surface area contributed by atoms with Crippen molar-refractivity contribution in [2.75, 3.05) is 18.1 Å². The van der Waals surface area contributed by atoms with Gasteiger partial charge in [-0.1, -0.05) is 36.4 Å². The molecule has 0 aliphatic rings. The molecular weight excluding hydrogens is 262 g/mol. The summed E-state index contributed by atoms with van der Waals surface area (Å²) >= 11 is 0. The molecule has 21 heavy (non-hydrogen) atoms. The minimum atomic E-state index is -0.0948. The average Bonchev–Trinajstić information content (AvgIpc) is 2.51. The summed E-state index contributed by atoms with van der Waals surface area (Å²) in [6.07, 6.45) is 1.71. The highest BCUT2D eigenvalue weighted by atomic mass is 16.5. The number of anilines is 1. The van der Waals surface area contributed by atoms with Crippen molar-refractivity contribution in [3.8, 4) is 5.75 Å². The number of carbonyl (C=O) groups excluding carboxylic acids is 1. The molecule has 0 fully saturated rings. The third-order valence-electron chi connectivity index (χ3n) is 3.03. The maximum Gasteiger partial charge on any atom is 0.265 e. The molecule has 2 aromatic carbocycles. The Hall–Kier alpha value is -2.55. The van der Waals surface area contributed by atoms with E-state index < -0.39 is 0 Å². The molecule has 0 radical (unpaired) electrons. The van der Waals surface area contributed by atoms with Crippen LogP contribution in [0.1, 0.15) is 5.56 Å². The van der Waals surface area contributed by atoms with Gasteiger partial charge in [0.15, 0.2) is 6.61 Å². The van der Waals surface area contributed by atoms with Crippen LogP contribution in [0.3, 0.4) is 0 Å². The molecule has 3 heteroatoms. The van der Waals surface area contributed by atoms with Crippen molar-refractivity contribution < 1.29 is 9.53 Å². The number of para-hydroxylation sites is 1. The summed E-state index contributed by atoms with van der Waals surface area (Å²) in [6, 6.07) is 17.2. The van der Waals surface area contributed by atoms with Gasteiger partial charge >= 0.3 is 0 Å². The molecule has 0 unspecified atom stereocenters. The van der Waals surface area contributed by atoms with E-state index in [1.54, 1.807) is 11.0 Å². The highest BCUT2D eigenvalue weighted by Crippen LogP contribution is 2.15. The van der Waals surface area contributed by atoms with E-state index in [9.17, 15) is 4.79 Å². The van der Waals surface area contributed by atoms with Crippen molar-refractivity contribution in [1.29, 1.82) is 0 Å². The second kappa shape index (κ2) is 7.29. The van der Waals surface area contributed by atoms with Gasteiger partial charge in [0.1, 0.15) is 5.75 Å². The van der Waals surface area contributed by atoms with Gasteiger partial charge < -0.3 is 9.64 Å². The zero-order valence-electron chi connectivity index (χ0n) is 12.2. The molecule has 0 bridgehead atoms. The zero-order chi connectivity index (χ0) is 15.1. The molecule has 2 rings (SSSR count). The summed E-state index contributed by atoms with van der Waals surface area (Å²) < 4.78 is 5.57. The molecular formula is C18H19NO2. The third-order valence-corrected chi connectivity index (χ3v) is 3.03. The maximum atomic E-state index is 12.3. The van der Waals surface area contributed by atoms with Gasteiger partial charge in [0.25, 0.3) is 5.91 Å². The first kappa shape index (κ1) is 14.9. The second-order valence-corrected chi connectivity index (χ2v) is 4.73. The van der Waals surface area contributed by atoms with Crippen molar-refractivity contribution in [3.63, 3.8) is 0 Å². The van der Waals surface area contributed by atoms with Crippen LogP contribution in [0.2, 0.25) is 0 Å². The Morgan fingerprint density at radius 2 is 1.95 bits per heavy atom. The Balaban J connectivity index is 2.04. The van der Waals surface area contributed by atoms with Gasteiger partial charge in [0, 0.05) is 12.2 Å². The first-order chi connectivity index (χ1) is 10.2. The van der Waals surface area contributed by atoms with Crippen LogP contribution in [0.15, 0.2) is 67.3 Å². The lowest BCUT2D eigenvalue weighted by Gasteiger charge is -2.21. The molecule has 2 aromatic rings. The van der Waals surface area contributed by atoms with E-state index in [0.717, 1.165) is 11.3 Å². The van der Waals surface area contributed by atoms with Gasteiger partial charge in [-0.15, -0.1) is 6.58 Å². The summed E-state index contributed by atoms with van der Waals surface area (Å²) in [5, 5.41) is 0. The number of ether oxygens (including phenoxy) is 1. The molecule has 3 nitrogen and oxygen atoms in total. The molecule has 0 atom stereocenters. The van der Waals surface area contributed by atoms with Crippen LogP contribution in [0.25, 0.3) is 0 Å². The SMILES string of the molecule is C=CCN(C(=O)COc1cccc(C)c1)c1ccccc1. The fraction of sp³-hybridized carbons (Fsp3) is 0.167. The van der Waals surface area contributed by atoms with Crippen molar-refractivity contribution in [3.05, 3.63) is 72.8 Å². The summed E-state index contributed by atoms with van der Waals surface area (Å²) in [6.45, 7) is 6.16. The van der Waals surface area contributed by atoms with E-state index in [1.165, 1.54) is 0 Å². The Morgan fingerprint density at radius 1 is 1.19 bits per heavy atom. The molecule has 0 spiro atoms. The molecule has 0 heterocycles. The summed E-state index contributed by atoms with van der Waals surface area (Å²) in [5.74, 6) is 0.609. The Morgan fingerprint density at radius 3 is 2.62 bits per heavy atom. The summed E-state index contributed by atoms with van der Waals surface area (Å²) in [5.41, 5.74) is 1.95. The largest absolute Gasteiger partial charge is 0.484 e. The van der Waals surface area contributed by atoms with Gasteiger partial charge in [-0.3, -0.25) is 4.79 Å². The van der Waals surface area contributed by atoms with E-state index in [4.69, 9.17) is 4.74 Å². The van der Waals surface area contributed by atoms with Crippen molar-refractivity contribution >= 4 is 11.6 Å². The van der Waals surface area contributed by atoms with Crippen LogP contribution in [0.5, 0.6) is 5.75 Å². The van der Waals surface area contributed by atoms with E-state index in [-0.39, 0.29) is 12.5 Å². The van der Waals surface area contributed by atoms with Crippen LogP contribution in [0.4, 0.5) is 5.69 Å². The Bertz CT molecular complexity index is 608. The highest BCUT2D eigenvalue weighted by Gasteiger charge is 2.14. The fourth-order valence-corrected chi connectivity index (χ4v) is 2.02. The van der Waals surface area contributed by atoms with Gasteiger partial charge in [-0.2, -0.15) is 0 Å². The normalized spacial score (nSPS) is 9.95. The molecule has 0 aromatic heterocycles. The van der Waals surface area contributed by atoms with Crippen LogP contribution in [0, 0.1) is 6.92 Å². The first-order valence-electron chi connectivity index (χ1n) is 6.86. The number of carbonyl (C=O) groups is 1. The number of amides is 1. The molecule has 0 saturated heterocycles. The number of nitrogens with zero attached hydrogens (tertiary/aromatic N) is 1. The molecule has 0 aliphatic carbocycles. The maximum absolute atomic E-state index is 12.3. The predicted octanol–water partition coefficient (Wildman–Crippen LogP) is 3.59. The van der Waals surface area contributed by atoms with E-state index in [0.29, 0.717) is 12.3 Å². The number of benzene rings is 2. The lowest BCUT2D eigenvalue weighted by atomic mass is 10.2. The zero-order valence-corrected chi connectivity index (χ0v) is 12.2. The lowest BCUT2D eigenvalue weighted by Crippen LogP contribution is -2.35. The van der Waals surface area contributed by atoms with Crippen molar-refractivity contribution in [2.45, 2.75) is 6.92 Å². The fourth-order valence-electron chi connectivity index (χ4n) is 2.02. The molecule has 0 aliphatic heterocycles. The molecule has 0 N–H and O–H groups in total. The standard InChI is InChI=1S/C18H19NO2/c1-3-12-19(16-9-5-4-6-10-16)18(20)14-21-17-11-7-8-15(2)13-17/h3-11,13H,1,12,14H2,2H3. The number of hydrogen-bond acceptors (Lipinski definition) is 2. The van der Waals surface area contributed by atoms with Gasteiger partial charge in [0.2, 0.25) is 0 Å². The lowest BCUT2D eigenvalue weighted by molar-refractivity contribution is -0.120. The molecule has 1 amide bonds. The minimum absolute atomic E-state index is 0.00614. The second-order valence-electron chi connectivity index (χ2n) is 4.73. The van der Waals surface area contributed by atoms with Crippen molar-refractivity contribution in [1.82, 2.24) is 0 Å². The quantitative estimate of drug-likeness (QED) is 0.757. The highest BCUT2D eigenvalue weighted by molar-refractivity contribution is 5.94. The molecule has 108 valence electrons. The topological polar surface area (TPSA) is 29.5 Å². The summed E-state index contributed by atoms with van der Waals surface area (Å²) in [4.78, 5) is 14.0. The number of rotatable bonds is 6. The summed E-state index contributed by atoms with van der Waals surface area (Å²) in [7, 11) is 0. The van der Waals surface area contributed by atoms with Crippen LogP contribution in [-0.4, -0.2) is 19.1 Å². The smallest absolute Gasteiger partial charge is 0.265 e. The minimum Gasteiger partial charge on any atom is -0.484 e. The van der Waals surface area contributed by atoms with Crippen molar-refractivity contribution in [2.24, 2.45) is 0 Å². The monoisotopic (exact) mass is 281 g/mol. The Kier molecular flexibility index (Phi) is 5.16. The predicted molar refractivity (Wildman–Crippen MR) is 85.7 cm³/mol. The van der Waals surface area contributed by atoms with Crippen LogP contribution in [-0.2, 0) is 4.79 Å². The van der Waals surface area contributed by atoms with Crippen LogP contribution < -0.4 is 9.64 Å². The van der Waals surface area contributed by atoms with E-state index in [2.05, 4.69) is 6.58 Å². The average molecular weight is 281 g/mol. The van der Waals surface area contributed by atoms with Gasteiger partial charge in [-0.25, -0.2) is 0 Å². The first-order valence-corrected chi connectivity index (χ1v) is 6.86. The van der Waals surface area contributed by atoms with Gasteiger partial charge in [0.05, 0.1) is 0 Å².